The molecule has 1 amide bonds. The molecule has 0 spiro atoms. The second-order valence-electron chi connectivity index (χ2n) is 6.57. The van der Waals surface area contributed by atoms with E-state index in [4.69, 9.17) is 4.74 Å². The number of hydrogen-bond donors (Lipinski definition) is 2. The topological polar surface area (TPSA) is 76.1 Å². The molecule has 1 aromatic carbocycles. The van der Waals surface area contributed by atoms with Gasteiger partial charge in [-0.1, -0.05) is 35.2 Å². The molecular formula is C17H24N4O2S2. The first-order chi connectivity index (χ1) is 11.8. The molecule has 2 aromatic rings. The molecule has 25 heavy (non-hydrogen) atoms. The maximum absolute atomic E-state index is 12.1. The molecule has 2 rings (SSSR count). The van der Waals surface area contributed by atoms with E-state index in [0.29, 0.717) is 6.54 Å². The van der Waals surface area contributed by atoms with Gasteiger partial charge in [0.1, 0.15) is 5.75 Å². The number of nitrogens with zero attached hydrogens (tertiary/aromatic N) is 2. The molecule has 136 valence electrons. The van der Waals surface area contributed by atoms with E-state index < -0.39 is 0 Å². The number of carbonyl (C=O) groups excluding carboxylic acids is 1. The monoisotopic (exact) mass is 380 g/mol. The lowest BCUT2D eigenvalue weighted by molar-refractivity contribution is -0.121. The highest BCUT2D eigenvalue weighted by atomic mass is 32.2. The number of carbonyl (C=O) groups is 1. The van der Waals surface area contributed by atoms with Crippen molar-refractivity contribution in [3.8, 4) is 5.75 Å². The molecule has 1 heterocycles. The third kappa shape index (κ3) is 6.55. The average molecular weight is 381 g/mol. The molecule has 0 unspecified atom stereocenters. The molecule has 0 aliphatic rings. The highest BCUT2D eigenvalue weighted by molar-refractivity contribution is 8.02. The number of anilines is 1. The van der Waals surface area contributed by atoms with Crippen LogP contribution in [0.2, 0.25) is 0 Å². The molecule has 0 aliphatic heterocycles. The Morgan fingerprint density at radius 3 is 2.56 bits per heavy atom. The molecule has 0 bridgehead atoms. The van der Waals surface area contributed by atoms with Gasteiger partial charge in [0.05, 0.1) is 12.4 Å². The van der Waals surface area contributed by atoms with Crippen molar-refractivity contribution in [2.45, 2.75) is 49.4 Å². The quantitative estimate of drug-likeness (QED) is 0.716. The summed E-state index contributed by atoms with van der Waals surface area (Å²) < 4.78 is 5.92. The maximum atomic E-state index is 12.1. The van der Waals surface area contributed by atoms with E-state index in [1.807, 2.05) is 52.0 Å². The SMILES string of the molecule is COc1ccc(CNc2nnc(S[C@@H](C)C(=O)NC(C)(C)C)s2)cc1. The zero-order valence-electron chi connectivity index (χ0n) is 15.1. The van der Waals surface area contributed by atoms with Gasteiger partial charge in [-0.25, -0.2) is 0 Å². The molecule has 0 aliphatic carbocycles. The van der Waals surface area contributed by atoms with Gasteiger partial charge in [-0.3, -0.25) is 4.79 Å². The van der Waals surface area contributed by atoms with E-state index >= 15 is 0 Å². The fraction of sp³-hybridized carbons (Fsp3) is 0.471. The van der Waals surface area contributed by atoms with Crippen LogP contribution in [0.4, 0.5) is 5.13 Å². The molecule has 0 radical (unpaired) electrons. The van der Waals surface area contributed by atoms with Gasteiger partial charge in [0.2, 0.25) is 11.0 Å². The van der Waals surface area contributed by atoms with E-state index in [0.717, 1.165) is 20.8 Å². The summed E-state index contributed by atoms with van der Waals surface area (Å²) in [6.07, 6.45) is 0. The third-order valence-corrected chi connectivity index (χ3v) is 5.22. The number of rotatable bonds is 7. The van der Waals surface area contributed by atoms with Gasteiger partial charge in [-0.05, 0) is 45.4 Å². The van der Waals surface area contributed by atoms with Crippen LogP contribution in [0.1, 0.15) is 33.3 Å². The van der Waals surface area contributed by atoms with Crippen molar-refractivity contribution in [3.05, 3.63) is 29.8 Å². The Labute approximate surface area is 156 Å². The summed E-state index contributed by atoms with van der Waals surface area (Å²) in [6, 6.07) is 7.85. The fourth-order valence-electron chi connectivity index (χ4n) is 1.93. The van der Waals surface area contributed by atoms with Gasteiger partial charge in [0, 0.05) is 12.1 Å². The lowest BCUT2D eigenvalue weighted by Gasteiger charge is -2.22. The first-order valence-corrected chi connectivity index (χ1v) is 9.65. The smallest absolute Gasteiger partial charge is 0.233 e. The van der Waals surface area contributed by atoms with E-state index in [1.54, 1.807) is 7.11 Å². The summed E-state index contributed by atoms with van der Waals surface area (Å²) in [6.45, 7) is 8.43. The maximum Gasteiger partial charge on any atom is 0.233 e. The van der Waals surface area contributed by atoms with E-state index in [2.05, 4.69) is 20.8 Å². The van der Waals surface area contributed by atoms with Crippen LogP contribution in [-0.4, -0.2) is 34.0 Å². The number of ether oxygens (including phenoxy) is 1. The van der Waals surface area contributed by atoms with Gasteiger partial charge in [-0.2, -0.15) is 0 Å². The molecule has 2 N–H and O–H groups in total. The van der Waals surface area contributed by atoms with Gasteiger partial charge in [0.15, 0.2) is 4.34 Å². The highest BCUT2D eigenvalue weighted by Crippen LogP contribution is 2.29. The Kier molecular flexibility index (Phi) is 6.66. The van der Waals surface area contributed by atoms with Crippen molar-refractivity contribution in [1.82, 2.24) is 15.5 Å². The van der Waals surface area contributed by atoms with Crippen LogP contribution in [0.15, 0.2) is 28.6 Å². The van der Waals surface area contributed by atoms with E-state index in [9.17, 15) is 4.79 Å². The van der Waals surface area contributed by atoms with Crippen LogP contribution in [0.25, 0.3) is 0 Å². The van der Waals surface area contributed by atoms with Crippen LogP contribution in [-0.2, 0) is 11.3 Å². The Morgan fingerprint density at radius 1 is 1.28 bits per heavy atom. The number of benzene rings is 1. The summed E-state index contributed by atoms with van der Waals surface area (Å²) in [5.74, 6) is 0.835. The zero-order chi connectivity index (χ0) is 18.4. The third-order valence-electron chi connectivity index (χ3n) is 3.15. The zero-order valence-corrected chi connectivity index (χ0v) is 16.8. The van der Waals surface area contributed by atoms with Crippen molar-refractivity contribution in [2.75, 3.05) is 12.4 Å². The number of methoxy groups -OCH3 is 1. The number of hydrogen-bond acceptors (Lipinski definition) is 7. The largest absolute Gasteiger partial charge is 0.497 e. The summed E-state index contributed by atoms with van der Waals surface area (Å²) in [5.41, 5.74) is 0.890. The molecule has 0 saturated carbocycles. The van der Waals surface area contributed by atoms with Crippen LogP contribution in [0.3, 0.4) is 0 Å². The van der Waals surface area contributed by atoms with Crippen molar-refractivity contribution in [2.24, 2.45) is 0 Å². The first kappa shape index (κ1) is 19.5. The van der Waals surface area contributed by atoms with Crippen molar-refractivity contribution in [1.29, 1.82) is 0 Å². The van der Waals surface area contributed by atoms with Crippen molar-refractivity contribution < 1.29 is 9.53 Å². The minimum atomic E-state index is -0.238. The average Bonchev–Trinajstić information content (AvgIpc) is 2.99. The second-order valence-corrected chi connectivity index (χ2v) is 9.14. The molecule has 8 heteroatoms. The van der Waals surface area contributed by atoms with Crippen molar-refractivity contribution in [3.63, 3.8) is 0 Å². The molecule has 0 saturated heterocycles. The van der Waals surface area contributed by atoms with Crippen molar-refractivity contribution >= 4 is 34.1 Å². The Hall–Kier alpha value is -1.80. The van der Waals surface area contributed by atoms with E-state index in [-0.39, 0.29) is 16.7 Å². The molecular weight excluding hydrogens is 356 g/mol. The van der Waals surface area contributed by atoms with Crippen LogP contribution >= 0.6 is 23.1 Å². The Morgan fingerprint density at radius 2 is 1.96 bits per heavy atom. The highest BCUT2D eigenvalue weighted by Gasteiger charge is 2.21. The number of aromatic nitrogens is 2. The normalized spacial score (nSPS) is 12.5. The first-order valence-electron chi connectivity index (χ1n) is 7.96. The minimum absolute atomic E-state index is 0.000409. The van der Waals surface area contributed by atoms with Gasteiger partial charge in [-0.15, -0.1) is 10.2 Å². The molecule has 1 atom stereocenters. The Balaban J connectivity index is 1.85. The minimum Gasteiger partial charge on any atom is -0.497 e. The Bertz CT molecular complexity index is 695. The van der Waals surface area contributed by atoms with Crippen LogP contribution in [0.5, 0.6) is 5.75 Å². The standard InChI is InChI=1S/C17H24N4O2S2/c1-11(14(22)19-17(2,3)4)24-16-21-20-15(25-16)18-10-12-6-8-13(23-5)9-7-12/h6-9,11H,10H2,1-5H3,(H,18,20)(H,19,22)/t11-/m0/s1. The lowest BCUT2D eigenvalue weighted by Crippen LogP contribution is -2.44. The number of nitrogens with one attached hydrogen (secondary N) is 2. The summed E-state index contributed by atoms with van der Waals surface area (Å²) in [7, 11) is 1.65. The summed E-state index contributed by atoms with van der Waals surface area (Å²) >= 11 is 2.86. The molecule has 0 fully saturated rings. The number of amides is 1. The molecule has 1 aromatic heterocycles. The van der Waals surface area contributed by atoms with Crippen LogP contribution < -0.4 is 15.4 Å². The lowest BCUT2D eigenvalue weighted by atomic mass is 10.1. The van der Waals surface area contributed by atoms with Gasteiger partial charge >= 0.3 is 0 Å². The van der Waals surface area contributed by atoms with Gasteiger partial charge in [0.25, 0.3) is 0 Å². The molecule has 6 nitrogen and oxygen atoms in total. The fourth-order valence-corrected chi connectivity index (χ4v) is 3.82. The van der Waals surface area contributed by atoms with Crippen LogP contribution in [0, 0.1) is 0 Å². The predicted molar refractivity (Wildman–Crippen MR) is 103 cm³/mol. The second kappa shape index (κ2) is 8.53. The number of thioether (sulfide) groups is 1. The van der Waals surface area contributed by atoms with Gasteiger partial charge < -0.3 is 15.4 Å². The predicted octanol–water partition coefficient (Wildman–Crippen LogP) is 3.55. The van der Waals surface area contributed by atoms with E-state index in [1.165, 1.54) is 23.1 Å². The summed E-state index contributed by atoms with van der Waals surface area (Å²) in [4.78, 5) is 12.1. The summed E-state index contributed by atoms with van der Waals surface area (Å²) in [5, 5.41) is 15.0.